The van der Waals surface area contributed by atoms with Gasteiger partial charge in [-0.05, 0) is 61.7 Å². The number of anilines is 2. The van der Waals surface area contributed by atoms with E-state index in [0.29, 0.717) is 0 Å². The molecule has 5 heteroatoms. The van der Waals surface area contributed by atoms with Crippen LogP contribution in [-0.4, -0.2) is 42.5 Å². The summed E-state index contributed by atoms with van der Waals surface area (Å²) >= 11 is 6.48. The maximum Gasteiger partial charge on any atom is 0.0643 e. The van der Waals surface area contributed by atoms with Gasteiger partial charge in [0.25, 0.3) is 0 Å². The van der Waals surface area contributed by atoms with E-state index in [-0.39, 0.29) is 0 Å². The Hall–Kier alpha value is -2.01. The van der Waals surface area contributed by atoms with Gasteiger partial charge in [-0.1, -0.05) is 76.1 Å². The van der Waals surface area contributed by atoms with Crippen LogP contribution < -0.4 is 11.1 Å². The fourth-order valence-electron chi connectivity index (χ4n) is 4.23. The molecule has 0 aromatic heterocycles. The second-order valence-corrected chi connectivity index (χ2v) is 8.97. The van der Waals surface area contributed by atoms with Crippen LogP contribution in [0.15, 0.2) is 54.7 Å². The molecule has 3 N–H and O–H groups in total. The maximum atomic E-state index is 6.48. The Bertz CT molecular complexity index is 826. The minimum atomic E-state index is 0.746. The highest BCUT2D eigenvalue weighted by atomic mass is 35.5. The molecule has 0 spiro atoms. The monoisotopic (exact) mass is 470 g/mol. The second kappa shape index (κ2) is 15.0. The SMILES string of the molecule is C=C(CN(CCN1CCCCCC1)Cc1ccc(N)cc1)Nc1c(Cl)cccc1CC.CC. The Morgan fingerprint density at radius 2 is 1.73 bits per heavy atom. The third-order valence-corrected chi connectivity index (χ3v) is 6.33. The third-order valence-electron chi connectivity index (χ3n) is 6.01. The zero-order valence-electron chi connectivity index (χ0n) is 20.9. The summed E-state index contributed by atoms with van der Waals surface area (Å²) in [6, 6.07) is 14.2. The van der Waals surface area contributed by atoms with Crippen LogP contribution >= 0.6 is 11.6 Å². The van der Waals surface area contributed by atoms with Crippen LogP contribution in [0.5, 0.6) is 0 Å². The van der Waals surface area contributed by atoms with Crippen LogP contribution in [0.2, 0.25) is 5.02 Å². The topological polar surface area (TPSA) is 44.5 Å². The van der Waals surface area contributed by atoms with Gasteiger partial charge in [-0.15, -0.1) is 0 Å². The molecule has 3 rings (SSSR count). The highest BCUT2D eigenvalue weighted by Crippen LogP contribution is 2.27. The Kier molecular flexibility index (Phi) is 12.4. The number of aryl methyl sites for hydroxylation is 1. The number of hydrogen-bond donors (Lipinski definition) is 2. The average molecular weight is 471 g/mol. The molecule has 2 aromatic rings. The quantitative estimate of drug-likeness (QED) is 0.374. The van der Waals surface area contributed by atoms with Crippen molar-refractivity contribution in [2.45, 2.75) is 59.4 Å². The van der Waals surface area contributed by atoms with Crippen LogP contribution in [0.4, 0.5) is 11.4 Å². The summed E-state index contributed by atoms with van der Waals surface area (Å²) in [6.45, 7) is 16.7. The number of nitrogens with one attached hydrogen (secondary N) is 1. The molecule has 2 aromatic carbocycles. The van der Waals surface area contributed by atoms with E-state index in [0.717, 1.165) is 54.7 Å². The smallest absolute Gasteiger partial charge is 0.0643 e. The first-order chi connectivity index (χ1) is 16.0. The van der Waals surface area contributed by atoms with Crippen molar-refractivity contribution >= 4 is 23.0 Å². The maximum absolute atomic E-state index is 6.48. The molecule has 4 nitrogen and oxygen atoms in total. The lowest BCUT2D eigenvalue weighted by molar-refractivity contribution is 0.212. The van der Waals surface area contributed by atoms with Gasteiger partial charge in [-0.25, -0.2) is 0 Å². The molecule has 0 saturated carbocycles. The molecular formula is C28H43ClN4. The van der Waals surface area contributed by atoms with E-state index in [2.05, 4.69) is 46.8 Å². The number of hydrogen-bond acceptors (Lipinski definition) is 4. The summed E-state index contributed by atoms with van der Waals surface area (Å²) < 4.78 is 0. The van der Waals surface area contributed by atoms with E-state index in [1.165, 1.54) is 49.9 Å². The molecule has 0 atom stereocenters. The van der Waals surface area contributed by atoms with Crippen molar-refractivity contribution in [2.24, 2.45) is 0 Å². The molecule has 182 valence electrons. The number of halogens is 1. The fraction of sp³-hybridized carbons (Fsp3) is 0.500. The summed E-state index contributed by atoms with van der Waals surface area (Å²) in [5, 5.41) is 4.25. The van der Waals surface area contributed by atoms with Crippen molar-refractivity contribution in [3.8, 4) is 0 Å². The summed E-state index contributed by atoms with van der Waals surface area (Å²) in [7, 11) is 0. The van der Waals surface area contributed by atoms with E-state index >= 15 is 0 Å². The minimum Gasteiger partial charge on any atom is -0.399 e. The molecule has 0 unspecified atom stereocenters. The second-order valence-electron chi connectivity index (χ2n) is 8.56. The first kappa shape index (κ1) is 27.2. The van der Waals surface area contributed by atoms with Gasteiger partial charge < -0.3 is 16.0 Å². The molecule has 1 aliphatic rings. The van der Waals surface area contributed by atoms with E-state index in [9.17, 15) is 0 Å². The van der Waals surface area contributed by atoms with Crippen LogP contribution in [-0.2, 0) is 13.0 Å². The number of nitrogens with two attached hydrogens (primary N) is 1. The Labute approximate surface area is 206 Å². The zero-order chi connectivity index (χ0) is 24.1. The molecule has 0 bridgehead atoms. The summed E-state index contributed by atoms with van der Waals surface area (Å²) in [6.07, 6.45) is 6.30. The fourth-order valence-corrected chi connectivity index (χ4v) is 4.47. The molecule has 0 radical (unpaired) electrons. The van der Waals surface area contributed by atoms with Gasteiger partial charge in [0, 0.05) is 37.6 Å². The van der Waals surface area contributed by atoms with Crippen molar-refractivity contribution in [2.75, 3.05) is 43.8 Å². The summed E-state index contributed by atoms with van der Waals surface area (Å²) in [5.74, 6) is 0. The van der Waals surface area contributed by atoms with Crippen molar-refractivity contribution in [3.63, 3.8) is 0 Å². The van der Waals surface area contributed by atoms with Crippen molar-refractivity contribution in [3.05, 3.63) is 70.9 Å². The number of rotatable bonds is 10. The van der Waals surface area contributed by atoms with Gasteiger partial charge in [-0.2, -0.15) is 0 Å². The van der Waals surface area contributed by atoms with Gasteiger partial charge in [0.15, 0.2) is 0 Å². The van der Waals surface area contributed by atoms with Crippen LogP contribution in [0.25, 0.3) is 0 Å². The summed E-state index contributed by atoms with van der Waals surface area (Å²) in [5.41, 5.74) is 11.1. The molecule has 1 aliphatic heterocycles. The molecule has 1 heterocycles. The standard InChI is InChI=1S/C26H37ClN4.C2H6/c1-3-23-9-8-10-25(27)26(23)29-21(2)19-31(20-22-11-13-24(28)14-12-22)18-17-30-15-6-4-5-7-16-30;1-2/h8-14,29H,2-7,15-20,28H2,1H3;1-2H3. The Morgan fingerprint density at radius 3 is 2.36 bits per heavy atom. The number of likely N-dealkylation sites (tertiary alicyclic amines) is 1. The Balaban J connectivity index is 0.00000187. The third kappa shape index (κ3) is 9.40. The van der Waals surface area contributed by atoms with Crippen molar-refractivity contribution in [1.29, 1.82) is 0 Å². The number of para-hydroxylation sites is 1. The van der Waals surface area contributed by atoms with Crippen molar-refractivity contribution < 1.29 is 0 Å². The lowest BCUT2D eigenvalue weighted by Gasteiger charge is -2.28. The highest BCUT2D eigenvalue weighted by Gasteiger charge is 2.14. The van der Waals surface area contributed by atoms with Crippen LogP contribution in [0, 0.1) is 0 Å². The first-order valence-electron chi connectivity index (χ1n) is 12.6. The lowest BCUT2D eigenvalue weighted by Crippen LogP contribution is -2.37. The molecule has 1 saturated heterocycles. The predicted octanol–water partition coefficient (Wildman–Crippen LogP) is 6.81. The number of nitrogen functional groups attached to an aromatic ring is 1. The van der Waals surface area contributed by atoms with E-state index in [1.807, 2.05) is 38.1 Å². The molecule has 1 fully saturated rings. The number of nitrogens with zero attached hydrogens (tertiary/aromatic N) is 2. The molecule has 33 heavy (non-hydrogen) atoms. The molecule has 0 aliphatic carbocycles. The van der Waals surface area contributed by atoms with Gasteiger partial charge >= 0.3 is 0 Å². The predicted molar refractivity (Wildman–Crippen MR) is 146 cm³/mol. The highest BCUT2D eigenvalue weighted by molar-refractivity contribution is 6.33. The van der Waals surface area contributed by atoms with Gasteiger partial charge in [-0.3, -0.25) is 4.90 Å². The largest absolute Gasteiger partial charge is 0.399 e. The average Bonchev–Trinajstić information content (AvgIpc) is 3.10. The van der Waals surface area contributed by atoms with Crippen LogP contribution in [0.1, 0.15) is 57.6 Å². The first-order valence-corrected chi connectivity index (χ1v) is 12.9. The van der Waals surface area contributed by atoms with Crippen LogP contribution in [0.3, 0.4) is 0 Å². The van der Waals surface area contributed by atoms with Gasteiger partial charge in [0.2, 0.25) is 0 Å². The number of benzene rings is 2. The molecular weight excluding hydrogens is 428 g/mol. The minimum absolute atomic E-state index is 0.746. The van der Waals surface area contributed by atoms with E-state index in [4.69, 9.17) is 17.3 Å². The zero-order valence-corrected chi connectivity index (χ0v) is 21.6. The lowest BCUT2D eigenvalue weighted by atomic mass is 10.1. The van der Waals surface area contributed by atoms with Gasteiger partial charge in [0.1, 0.15) is 0 Å². The van der Waals surface area contributed by atoms with E-state index < -0.39 is 0 Å². The van der Waals surface area contributed by atoms with Crippen molar-refractivity contribution in [1.82, 2.24) is 9.80 Å². The van der Waals surface area contributed by atoms with Gasteiger partial charge in [0.05, 0.1) is 10.7 Å². The normalized spacial score (nSPS) is 14.3. The summed E-state index contributed by atoms with van der Waals surface area (Å²) in [4.78, 5) is 5.08. The van der Waals surface area contributed by atoms with E-state index in [1.54, 1.807) is 0 Å². The Morgan fingerprint density at radius 1 is 1.06 bits per heavy atom. The molecule has 0 amide bonds.